The van der Waals surface area contributed by atoms with Crippen LogP contribution >= 0.6 is 34.3 Å². The number of aryl methyl sites for hydroxylation is 2. The zero-order valence-corrected chi connectivity index (χ0v) is 34.5. The molecular weight excluding hydrogens is 808 g/mol. The minimum atomic E-state index is -3.57. The van der Waals surface area contributed by atoms with Crippen molar-refractivity contribution in [2.75, 3.05) is 39.0 Å². The van der Waals surface area contributed by atoms with Gasteiger partial charge in [-0.2, -0.15) is 0 Å². The summed E-state index contributed by atoms with van der Waals surface area (Å²) >= 11 is 9.18. The van der Waals surface area contributed by atoms with E-state index in [1.165, 1.54) is 49.4 Å². The molecule has 0 saturated carbocycles. The molecule has 0 spiro atoms. The van der Waals surface area contributed by atoms with Gasteiger partial charge in [-0.15, -0.1) is 22.7 Å². The van der Waals surface area contributed by atoms with Crippen LogP contribution in [-0.2, 0) is 61.9 Å². The molecule has 5 heterocycles. The van der Waals surface area contributed by atoms with E-state index in [1.54, 1.807) is 7.11 Å². The van der Waals surface area contributed by atoms with Crippen molar-refractivity contribution in [3.05, 3.63) is 61.9 Å². The van der Waals surface area contributed by atoms with Crippen LogP contribution in [0.3, 0.4) is 0 Å². The summed E-state index contributed by atoms with van der Waals surface area (Å²) in [6.45, 7) is 0.649. The first-order chi connectivity index (χ1) is 26.0. The summed E-state index contributed by atoms with van der Waals surface area (Å²) < 4.78 is 53.9. The SMILES string of the molecule is CN(C(=O)[C@H]1CCc2c(sc3ncnc(Cl)c23)C1)S(C)(=O)=O.COc1cc2c(cc1Nc1ncnc3sc4c(c13)CC[C@H](C(=O)N(C)S(C)(=O)=O)C4)C=NC2. The molecule has 4 aromatic heterocycles. The number of sulfonamides is 2. The van der Waals surface area contributed by atoms with Gasteiger partial charge in [-0.1, -0.05) is 11.6 Å². The Morgan fingerprint density at radius 1 is 0.836 bits per heavy atom. The quantitative estimate of drug-likeness (QED) is 0.221. The van der Waals surface area contributed by atoms with Gasteiger partial charge < -0.3 is 10.1 Å². The molecule has 5 aromatic rings. The molecule has 2 amide bonds. The largest absolute Gasteiger partial charge is 0.495 e. The molecule has 2 atom stereocenters. The lowest BCUT2D eigenvalue weighted by molar-refractivity contribution is -0.130. The third kappa shape index (κ3) is 7.64. The Kier molecular flexibility index (Phi) is 10.6. The maximum Gasteiger partial charge on any atom is 0.239 e. The minimum Gasteiger partial charge on any atom is -0.495 e. The normalized spacial score (nSPS) is 17.5. The van der Waals surface area contributed by atoms with Crippen LogP contribution in [0.25, 0.3) is 20.4 Å². The van der Waals surface area contributed by atoms with Crippen molar-refractivity contribution in [2.24, 2.45) is 16.8 Å². The van der Waals surface area contributed by atoms with E-state index in [4.69, 9.17) is 16.3 Å². The number of ether oxygens (including phenoxy) is 1. The van der Waals surface area contributed by atoms with Crippen LogP contribution in [0, 0.1) is 11.8 Å². The molecule has 290 valence electrons. The first kappa shape index (κ1) is 39.0. The topological polar surface area (TPSA) is 194 Å². The predicted octanol–water partition coefficient (Wildman–Crippen LogP) is 4.77. The van der Waals surface area contributed by atoms with Gasteiger partial charge in [0, 0.05) is 41.9 Å². The van der Waals surface area contributed by atoms with Crippen LogP contribution in [-0.4, -0.2) is 97.1 Å². The summed E-state index contributed by atoms with van der Waals surface area (Å²) in [5, 5.41) is 5.66. The monoisotopic (exact) mass is 844 g/mol. The molecule has 1 aliphatic heterocycles. The molecule has 2 aliphatic carbocycles. The van der Waals surface area contributed by atoms with Crippen molar-refractivity contribution >= 4 is 104 Å². The van der Waals surface area contributed by atoms with Gasteiger partial charge in [-0.3, -0.25) is 14.6 Å². The molecule has 8 rings (SSSR count). The number of anilines is 2. The van der Waals surface area contributed by atoms with Crippen molar-refractivity contribution in [1.29, 1.82) is 0 Å². The summed E-state index contributed by atoms with van der Waals surface area (Å²) in [4.78, 5) is 50.3. The van der Waals surface area contributed by atoms with E-state index in [2.05, 4.69) is 30.2 Å². The molecule has 0 bridgehead atoms. The van der Waals surface area contributed by atoms with Crippen molar-refractivity contribution in [1.82, 2.24) is 28.5 Å². The third-order valence-corrected chi connectivity index (χ3v) is 15.1. The Morgan fingerprint density at radius 3 is 1.95 bits per heavy atom. The maximum absolute atomic E-state index is 12.7. The fraction of sp³-hybridized carbons (Fsp3) is 0.400. The van der Waals surface area contributed by atoms with Gasteiger partial charge in [0.15, 0.2) is 0 Å². The number of hydrogen-bond donors (Lipinski definition) is 1. The number of amides is 2. The number of methoxy groups -OCH3 is 1. The Balaban J connectivity index is 0.000000184. The summed E-state index contributed by atoms with van der Waals surface area (Å²) in [5.41, 5.74) is 5.17. The molecule has 1 aromatic carbocycles. The zero-order valence-electron chi connectivity index (χ0n) is 30.5. The number of carbonyl (C=O) groups excluding carboxylic acids is 2. The number of fused-ring (bicyclic) bond motifs is 7. The number of hydrogen-bond acceptors (Lipinski definition) is 15. The van der Waals surface area contributed by atoms with E-state index in [0.29, 0.717) is 61.8 Å². The summed E-state index contributed by atoms with van der Waals surface area (Å²) in [6.07, 6.45) is 10.4. The van der Waals surface area contributed by atoms with Crippen LogP contribution in [0.15, 0.2) is 29.8 Å². The number of rotatable bonds is 7. The molecule has 0 fully saturated rings. The molecule has 55 heavy (non-hydrogen) atoms. The number of aromatic nitrogens is 4. The summed E-state index contributed by atoms with van der Waals surface area (Å²) in [5.74, 6) is -0.0246. The number of carbonyl (C=O) groups is 2. The van der Waals surface area contributed by atoms with Gasteiger partial charge in [0.25, 0.3) is 0 Å². The maximum atomic E-state index is 12.7. The minimum absolute atomic E-state index is 0.327. The number of aliphatic imine (C=N–C) groups is 1. The van der Waals surface area contributed by atoms with Crippen LogP contribution in [0.4, 0.5) is 11.5 Å². The van der Waals surface area contributed by atoms with Gasteiger partial charge in [0.1, 0.15) is 39.0 Å². The average Bonchev–Trinajstić information content (AvgIpc) is 3.87. The highest BCUT2D eigenvalue weighted by Gasteiger charge is 2.34. The Bertz CT molecular complexity index is 2630. The fourth-order valence-electron chi connectivity index (χ4n) is 7.07. The van der Waals surface area contributed by atoms with E-state index < -0.39 is 20.0 Å². The van der Waals surface area contributed by atoms with E-state index in [-0.39, 0.29) is 23.7 Å². The second kappa shape index (κ2) is 15.0. The Hall–Kier alpha value is -4.30. The van der Waals surface area contributed by atoms with Crippen molar-refractivity contribution in [2.45, 2.75) is 45.1 Å². The first-order valence-corrected chi connectivity index (χ1v) is 22.8. The molecule has 0 radical (unpaired) electrons. The highest BCUT2D eigenvalue weighted by molar-refractivity contribution is 7.89. The molecule has 20 heteroatoms. The zero-order chi connectivity index (χ0) is 39.4. The number of halogens is 1. The first-order valence-electron chi connectivity index (χ1n) is 17.1. The number of nitrogens with one attached hydrogen (secondary N) is 1. The molecule has 0 unspecified atom stereocenters. The van der Waals surface area contributed by atoms with Gasteiger partial charge >= 0.3 is 0 Å². The molecule has 0 saturated heterocycles. The van der Waals surface area contributed by atoms with E-state index >= 15 is 0 Å². The smallest absolute Gasteiger partial charge is 0.239 e. The molecular formula is C35H37ClN8O7S4. The van der Waals surface area contributed by atoms with Crippen LogP contribution in [0.5, 0.6) is 5.75 Å². The number of nitrogens with zero attached hydrogens (tertiary/aromatic N) is 7. The van der Waals surface area contributed by atoms with E-state index in [0.717, 1.165) is 79.3 Å². The van der Waals surface area contributed by atoms with Crippen LogP contribution in [0.2, 0.25) is 5.15 Å². The standard InChI is InChI=1S/C22H23N5O4S2.C13H14ClN3O3S2/c1-27(33(3,29)30)22(28)12-4-5-15-18(8-12)32-21-19(15)20(24-11-25-21)26-16-6-13-9-23-10-14(13)7-17(16)31-2;1-17(22(2,19)20)13(18)7-3-4-8-9(5-7)21-12-10(8)11(14)15-6-16-12/h6-7,9,11-12H,4-5,8,10H2,1-3H3,(H,24,25,26);6-7H,3-5H2,1-2H3/t12-;7-/m00/s1. The lowest BCUT2D eigenvalue weighted by Gasteiger charge is -2.25. The lowest BCUT2D eigenvalue weighted by Crippen LogP contribution is -2.38. The Labute approximate surface area is 330 Å². The highest BCUT2D eigenvalue weighted by atomic mass is 35.5. The van der Waals surface area contributed by atoms with Crippen LogP contribution < -0.4 is 10.1 Å². The molecule has 3 aliphatic rings. The van der Waals surface area contributed by atoms with Crippen LogP contribution in [0.1, 0.15) is 44.8 Å². The van der Waals surface area contributed by atoms with Gasteiger partial charge in [-0.25, -0.2) is 45.4 Å². The third-order valence-electron chi connectivity index (χ3n) is 10.2. The van der Waals surface area contributed by atoms with Gasteiger partial charge in [-0.05, 0) is 72.9 Å². The van der Waals surface area contributed by atoms with Crippen molar-refractivity contribution in [3.8, 4) is 5.75 Å². The fourth-order valence-corrected chi connectivity index (χ4v) is 10.9. The summed E-state index contributed by atoms with van der Waals surface area (Å²) in [6, 6.07) is 3.99. The van der Waals surface area contributed by atoms with Crippen molar-refractivity contribution < 1.29 is 31.2 Å². The molecule has 1 N–H and O–H groups in total. The second-order valence-corrected chi connectivity index (χ2v) is 20.2. The lowest BCUT2D eigenvalue weighted by atomic mass is 9.87. The number of thiophene rings is 2. The predicted molar refractivity (Wildman–Crippen MR) is 214 cm³/mol. The van der Waals surface area contributed by atoms with Crippen molar-refractivity contribution in [3.63, 3.8) is 0 Å². The second-order valence-electron chi connectivity index (χ2n) is 13.6. The van der Waals surface area contributed by atoms with Gasteiger partial charge in [0.05, 0.1) is 42.6 Å². The van der Waals surface area contributed by atoms with E-state index in [9.17, 15) is 26.4 Å². The van der Waals surface area contributed by atoms with Gasteiger partial charge in [0.2, 0.25) is 31.9 Å². The Morgan fingerprint density at radius 2 is 1.38 bits per heavy atom. The number of benzene rings is 1. The molecule has 15 nitrogen and oxygen atoms in total. The summed E-state index contributed by atoms with van der Waals surface area (Å²) in [7, 11) is -2.83. The van der Waals surface area contributed by atoms with E-state index in [1.807, 2.05) is 18.3 Å². The average molecular weight is 845 g/mol. The highest BCUT2D eigenvalue weighted by Crippen LogP contribution is 2.43.